The Balaban J connectivity index is 1.61. The third kappa shape index (κ3) is 6.50. The Morgan fingerprint density at radius 2 is 1.61 bits per heavy atom. The minimum Gasteiger partial charge on any atom is -0.350 e. The lowest BCUT2D eigenvalue weighted by Crippen LogP contribution is -2.49. The van der Waals surface area contributed by atoms with Gasteiger partial charge in [0.15, 0.2) is 0 Å². The molecule has 2 fully saturated rings. The molecular weight excluding hydrogens is 290 g/mol. The van der Waals surface area contributed by atoms with Crippen molar-refractivity contribution in [2.24, 2.45) is 17.6 Å². The summed E-state index contributed by atoms with van der Waals surface area (Å²) >= 11 is 0. The summed E-state index contributed by atoms with van der Waals surface area (Å²) in [4.78, 5) is 23.9. The fraction of sp³-hybridized carbons (Fsp3) is 0.889. The number of rotatable bonds is 8. The summed E-state index contributed by atoms with van der Waals surface area (Å²) in [5, 5.41) is 5.76. The molecule has 0 aromatic carbocycles. The van der Waals surface area contributed by atoms with Gasteiger partial charge in [0, 0.05) is 19.0 Å². The number of amides is 2. The highest BCUT2D eigenvalue weighted by Gasteiger charge is 2.24. The van der Waals surface area contributed by atoms with Crippen LogP contribution in [0.5, 0.6) is 0 Å². The van der Waals surface area contributed by atoms with E-state index < -0.39 is 0 Å². The van der Waals surface area contributed by atoms with Gasteiger partial charge in [-0.15, -0.1) is 0 Å². The van der Waals surface area contributed by atoms with E-state index in [9.17, 15) is 9.59 Å². The van der Waals surface area contributed by atoms with Gasteiger partial charge in [0.05, 0.1) is 6.54 Å². The fourth-order valence-electron chi connectivity index (χ4n) is 4.07. The molecule has 2 aliphatic rings. The quantitative estimate of drug-likeness (QED) is 0.639. The molecule has 0 aromatic rings. The van der Waals surface area contributed by atoms with Gasteiger partial charge in [-0.1, -0.05) is 44.9 Å². The van der Waals surface area contributed by atoms with Crippen LogP contribution in [0.2, 0.25) is 0 Å². The molecule has 2 aliphatic carbocycles. The summed E-state index contributed by atoms with van der Waals surface area (Å²) in [6, 6.07) is 0.0539. The van der Waals surface area contributed by atoms with Gasteiger partial charge >= 0.3 is 0 Å². The first kappa shape index (κ1) is 18.2. The predicted octanol–water partition coefficient (Wildman–Crippen LogP) is 2.10. The van der Waals surface area contributed by atoms with E-state index in [1.165, 1.54) is 44.9 Å². The van der Waals surface area contributed by atoms with Crippen molar-refractivity contribution in [2.75, 3.05) is 13.1 Å². The maximum Gasteiger partial charge on any atom is 0.239 e. The fourth-order valence-corrected chi connectivity index (χ4v) is 4.07. The zero-order chi connectivity index (χ0) is 16.5. The molecule has 2 rings (SSSR count). The maximum absolute atomic E-state index is 12.0. The van der Waals surface area contributed by atoms with Crippen molar-refractivity contribution >= 4 is 11.8 Å². The van der Waals surface area contributed by atoms with Crippen molar-refractivity contribution < 1.29 is 9.59 Å². The molecule has 5 heteroatoms. The van der Waals surface area contributed by atoms with Crippen LogP contribution in [0, 0.1) is 11.8 Å². The summed E-state index contributed by atoms with van der Waals surface area (Å²) in [5.74, 6) is 1.09. The van der Waals surface area contributed by atoms with E-state index in [1.54, 1.807) is 0 Å². The van der Waals surface area contributed by atoms with Crippen molar-refractivity contribution in [3.05, 3.63) is 0 Å². The van der Waals surface area contributed by atoms with Gasteiger partial charge in [0.1, 0.15) is 0 Å². The first-order chi connectivity index (χ1) is 11.2. The molecule has 2 saturated carbocycles. The summed E-state index contributed by atoms with van der Waals surface area (Å²) < 4.78 is 0. The number of carbonyl (C=O) groups excluding carboxylic acids is 2. The molecule has 0 aliphatic heterocycles. The topological polar surface area (TPSA) is 84.2 Å². The zero-order valence-electron chi connectivity index (χ0n) is 14.3. The van der Waals surface area contributed by atoms with E-state index in [4.69, 9.17) is 5.73 Å². The van der Waals surface area contributed by atoms with Gasteiger partial charge in [-0.3, -0.25) is 9.59 Å². The lowest BCUT2D eigenvalue weighted by molar-refractivity contribution is -0.126. The maximum atomic E-state index is 12.0. The smallest absolute Gasteiger partial charge is 0.239 e. The normalized spacial score (nSPS) is 21.1. The van der Waals surface area contributed by atoms with Gasteiger partial charge in [0.25, 0.3) is 0 Å². The van der Waals surface area contributed by atoms with Crippen LogP contribution in [0.4, 0.5) is 0 Å². The van der Waals surface area contributed by atoms with E-state index in [0.29, 0.717) is 24.8 Å². The van der Waals surface area contributed by atoms with Gasteiger partial charge in [-0.2, -0.15) is 0 Å². The molecule has 1 unspecified atom stereocenters. The van der Waals surface area contributed by atoms with E-state index >= 15 is 0 Å². The lowest BCUT2D eigenvalue weighted by atomic mass is 9.84. The summed E-state index contributed by atoms with van der Waals surface area (Å²) in [5.41, 5.74) is 5.82. The van der Waals surface area contributed by atoms with Crippen LogP contribution in [-0.4, -0.2) is 30.9 Å². The predicted molar refractivity (Wildman–Crippen MR) is 91.8 cm³/mol. The van der Waals surface area contributed by atoms with Crippen molar-refractivity contribution in [3.63, 3.8) is 0 Å². The molecule has 5 nitrogen and oxygen atoms in total. The first-order valence-corrected chi connectivity index (χ1v) is 9.45. The molecule has 1 atom stereocenters. The molecule has 0 bridgehead atoms. The van der Waals surface area contributed by atoms with Gasteiger partial charge in [0.2, 0.25) is 11.8 Å². The van der Waals surface area contributed by atoms with E-state index in [0.717, 1.165) is 19.3 Å². The minimum atomic E-state index is -0.111. The molecule has 2 amide bonds. The Morgan fingerprint density at radius 3 is 2.26 bits per heavy atom. The highest BCUT2D eigenvalue weighted by Crippen LogP contribution is 2.28. The average molecular weight is 323 g/mol. The molecule has 0 radical (unpaired) electrons. The number of nitrogens with one attached hydrogen (secondary N) is 2. The molecule has 0 heterocycles. The monoisotopic (exact) mass is 323 g/mol. The largest absolute Gasteiger partial charge is 0.350 e. The Labute approximate surface area is 140 Å². The highest BCUT2D eigenvalue weighted by molar-refractivity contribution is 5.84. The molecule has 0 spiro atoms. The second kappa shape index (κ2) is 9.91. The van der Waals surface area contributed by atoms with Crippen LogP contribution in [-0.2, 0) is 9.59 Å². The zero-order valence-corrected chi connectivity index (χ0v) is 14.3. The van der Waals surface area contributed by atoms with Crippen LogP contribution >= 0.6 is 0 Å². The minimum absolute atomic E-state index is 0.00554. The molecule has 23 heavy (non-hydrogen) atoms. The van der Waals surface area contributed by atoms with Crippen molar-refractivity contribution in [2.45, 2.75) is 76.7 Å². The third-order valence-corrected chi connectivity index (χ3v) is 5.52. The Morgan fingerprint density at radius 1 is 0.957 bits per heavy atom. The molecule has 0 saturated heterocycles. The van der Waals surface area contributed by atoms with E-state index in [1.807, 2.05) is 0 Å². The van der Waals surface area contributed by atoms with Crippen molar-refractivity contribution in [1.29, 1.82) is 0 Å². The number of hydrogen-bond donors (Lipinski definition) is 3. The van der Waals surface area contributed by atoms with E-state index in [-0.39, 0.29) is 24.4 Å². The Bertz CT molecular complexity index is 374. The SMILES string of the molecule is NCC(NC(=O)CNC(=O)CCC1CCCC1)C1CCCCC1. The number of carbonyl (C=O) groups is 2. The lowest BCUT2D eigenvalue weighted by Gasteiger charge is -2.30. The van der Waals surface area contributed by atoms with E-state index in [2.05, 4.69) is 10.6 Å². The second-order valence-corrected chi connectivity index (χ2v) is 7.27. The first-order valence-electron chi connectivity index (χ1n) is 9.45. The summed E-state index contributed by atoms with van der Waals surface area (Å²) in [7, 11) is 0. The summed E-state index contributed by atoms with van der Waals surface area (Å²) in [6.07, 6.45) is 12.7. The second-order valence-electron chi connectivity index (χ2n) is 7.27. The van der Waals surface area contributed by atoms with Crippen LogP contribution in [0.25, 0.3) is 0 Å². The van der Waals surface area contributed by atoms with Crippen LogP contribution in [0.3, 0.4) is 0 Å². The molecule has 132 valence electrons. The van der Waals surface area contributed by atoms with Gasteiger partial charge in [-0.25, -0.2) is 0 Å². The summed E-state index contributed by atoms with van der Waals surface area (Å²) in [6.45, 7) is 0.554. The van der Waals surface area contributed by atoms with Crippen molar-refractivity contribution in [1.82, 2.24) is 10.6 Å². The molecule has 0 aromatic heterocycles. The van der Waals surface area contributed by atoms with Crippen LogP contribution in [0.1, 0.15) is 70.6 Å². The number of nitrogens with two attached hydrogens (primary N) is 1. The van der Waals surface area contributed by atoms with Gasteiger partial charge < -0.3 is 16.4 Å². The van der Waals surface area contributed by atoms with Crippen LogP contribution < -0.4 is 16.4 Å². The Hall–Kier alpha value is -1.10. The van der Waals surface area contributed by atoms with Gasteiger partial charge in [-0.05, 0) is 31.1 Å². The van der Waals surface area contributed by atoms with Crippen LogP contribution in [0.15, 0.2) is 0 Å². The van der Waals surface area contributed by atoms with Crippen molar-refractivity contribution in [3.8, 4) is 0 Å². The standard InChI is InChI=1S/C18H33N3O2/c19-12-16(15-8-2-1-3-9-15)21-18(23)13-20-17(22)11-10-14-6-4-5-7-14/h14-16H,1-13,19H2,(H,20,22)(H,21,23). The average Bonchev–Trinajstić information content (AvgIpc) is 3.10. The molecule has 4 N–H and O–H groups in total. The molecular formula is C18H33N3O2. The third-order valence-electron chi connectivity index (χ3n) is 5.52. The highest BCUT2D eigenvalue weighted by atomic mass is 16.2. The number of hydrogen-bond acceptors (Lipinski definition) is 3. The Kier molecular flexibility index (Phi) is 7.86.